The average molecular weight is 352 g/mol. The fourth-order valence-corrected chi connectivity index (χ4v) is 1.89. The Morgan fingerprint density at radius 3 is 2.90 bits per heavy atom. The zero-order valence-electron chi connectivity index (χ0n) is 10.8. The molecule has 1 heterocycles. The molecule has 0 aliphatic rings. The van der Waals surface area contributed by atoms with Gasteiger partial charge in [-0.1, -0.05) is 22.0 Å². The first-order valence-corrected chi connectivity index (χ1v) is 6.78. The summed E-state index contributed by atoms with van der Waals surface area (Å²) in [5.74, 6) is -0.932. The molecule has 0 spiro atoms. The van der Waals surface area contributed by atoms with Gasteiger partial charge in [0.1, 0.15) is 12.4 Å². The predicted molar refractivity (Wildman–Crippen MR) is 80.5 cm³/mol. The van der Waals surface area contributed by atoms with E-state index in [9.17, 15) is 14.0 Å². The van der Waals surface area contributed by atoms with Gasteiger partial charge >= 0.3 is 0 Å². The number of pyridine rings is 1. The Balaban J connectivity index is 1.96. The Morgan fingerprint density at radius 1 is 1.38 bits per heavy atom. The quantitative estimate of drug-likeness (QED) is 0.675. The number of carbonyl (C=O) groups excluding carboxylic acids is 1. The van der Waals surface area contributed by atoms with Crippen LogP contribution in [-0.4, -0.2) is 16.7 Å². The van der Waals surface area contributed by atoms with E-state index in [1.165, 1.54) is 35.2 Å². The van der Waals surface area contributed by atoms with E-state index in [1.54, 1.807) is 18.2 Å². The van der Waals surface area contributed by atoms with Crippen LogP contribution in [0.1, 0.15) is 5.56 Å². The van der Waals surface area contributed by atoms with Gasteiger partial charge < -0.3 is 4.57 Å². The topological polar surface area (TPSA) is 63.5 Å². The maximum absolute atomic E-state index is 13.5. The van der Waals surface area contributed by atoms with Crippen molar-refractivity contribution in [3.8, 4) is 0 Å². The molecule has 0 atom stereocenters. The zero-order valence-corrected chi connectivity index (χ0v) is 12.4. The molecule has 1 amide bonds. The van der Waals surface area contributed by atoms with Crippen molar-refractivity contribution in [3.05, 3.63) is 68.8 Å². The lowest BCUT2D eigenvalue weighted by molar-refractivity contribution is -0.121. The van der Waals surface area contributed by atoms with Gasteiger partial charge in [-0.25, -0.2) is 9.82 Å². The lowest BCUT2D eigenvalue weighted by Crippen LogP contribution is -2.29. The highest BCUT2D eigenvalue weighted by Crippen LogP contribution is 2.13. The van der Waals surface area contributed by atoms with E-state index in [-0.39, 0.29) is 17.7 Å². The third-order valence-electron chi connectivity index (χ3n) is 2.57. The number of hydrogen-bond donors (Lipinski definition) is 1. The Morgan fingerprint density at radius 2 is 2.19 bits per heavy atom. The molecular weight excluding hydrogens is 341 g/mol. The van der Waals surface area contributed by atoms with E-state index in [1.807, 2.05) is 0 Å². The molecule has 1 N–H and O–H groups in total. The number of hydrazone groups is 1. The minimum absolute atomic E-state index is 0.153. The van der Waals surface area contributed by atoms with Crippen LogP contribution in [0, 0.1) is 5.82 Å². The van der Waals surface area contributed by atoms with Gasteiger partial charge in [-0.2, -0.15) is 5.10 Å². The van der Waals surface area contributed by atoms with Crippen LogP contribution in [-0.2, 0) is 11.3 Å². The molecule has 0 aliphatic heterocycles. The van der Waals surface area contributed by atoms with E-state index >= 15 is 0 Å². The fourth-order valence-electron chi connectivity index (χ4n) is 1.56. The van der Waals surface area contributed by atoms with Gasteiger partial charge in [-0.15, -0.1) is 0 Å². The van der Waals surface area contributed by atoms with Crippen molar-refractivity contribution < 1.29 is 9.18 Å². The van der Waals surface area contributed by atoms with Crippen LogP contribution in [0.2, 0.25) is 0 Å². The lowest BCUT2D eigenvalue weighted by Gasteiger charge is -2.03. The number of hydrogen-bond acceptors (Lipinski definition) is 3. The van der Waals surface area contributed by atoms with Crippen molar-refractivity contribution in [3.63, 3.8) is 0 Å². The van der Waals surface area contributed by atoms with Gasteiger partial charge in [-0.3, -0.25) is 9.59 Å². The van der Waals surface area contributed by atoms with Gasteiger partial charge in [-0.05, 0) is 24.3 Å². The van der Waals surface area contributed by atoms with Crippen LogP contribution in [0.3, 0.4) is 0 Å². The lowest BCUT2D eigenvalue weighted by atomic mass is 10.2. The number of nitrogens with zero attached hydrogens (tertiary/aromatic N) is 2. The van der Waals surface area contributed by atoms with Crippen molar-refractivity contribution in [1.82, 2.24) is 9.99 Å². The van der Waals surface area contributed by atoms with Crippen LogP contribution in [0.5, 0.6) is 0 Å². The molecule has 21 heavy (non-hydrogen) atoms. The van der Waals surface area contributed by atoms with Gasteiger partial charge in [0.15, 0.2) is 0 Å². The van der Waals surface area contributed by atoms with Crippen LogP contribution in [0.15, 0.2) is 57.0 Å². The Kier molecular flexibility index (Phi) is 4.99. The molecule has 5 nitrogen and oxygen atoms in total. The van der Waals surface area contributed by atoms with Crippen LogP contribution in [0.4, 0.5) is 4.39 Å². The summed E-state index contributed by atoms with van der Waals surface area (Å²) in [6.45, 7) is -0.153. The highest BCUT2D eigenvalue weighted by Gasteiger charge is 2.03. The number of carbonyl (C=O) groups is 1. The standard InChI is InChI=1S/C14H11BrFN3O2/c15-11-5-4-10(12(16)7-11)8-17-18-13(20)9-19-6-2-1-3-14(19)21/h1-8H,9H2,(H,18,20)/b17-8-. The van der Waals surface area contributed by atoms with E-state index in [0.29, 0.717) is 4.47 Å². The molecule has 0 aliphatic carbocycles. The van der Waals surface area contributed by atoms with Gasteiger partial charge in [0.05, 0.1) is 6.21 Å². The summed E-state index contributed by atoms with van der Waals surface area (Å²) in [7, 11) is 0. The summed E-state index contributed by atoms with van der Waals surface area (Å²) >= 11 is 3.14. The van der Waals surface area contributed by atoms with Gasteiger partial charge in [0.25, 0.3) is 11.5 Å². The second-order valence-electron chi connectivity index (χ2n) is 4.13. The number of rotatable bonds is 4. The molecule has 2 aromatic rings. The number of halogens is 2. The number of aromatic nitrogens is 1. The molecule has 0 fully saturated rings. The molecule has 0 saturated heterocycles. The van der Waals surface area contributed by atoms with Gasteiger partial charge in [0.2, 0.25) is 0 Å². The highest BCUT2D eigenvalue weighted by molar-refractivity contribution is 9.10. The second-order valence-corrected chi connectivity index (χ2v) is 5.04. The Labute approximate surface area is 128 Å². The minimum atomic E-state index is -0.475. The summed E-state index contributed by atoms with van der Waals surface area (Å²) in [5.41, 5.74) is 2.20. The monoisotopic (exact) mass is 351 g/mol. The summed E-state index contributed by atoms with van der Waals surface area (Å²) in [6, 6.07) is 9.08. The predicted octanol–water partition coefficient (Wildman–Crippen LogP) is 1.90. The molecule has 2 rings (SSSR count). The van der Waals surface area contributed by atoms with Crippen LogP contribution < -0.4 is 11.0 Å². The zero-order chi connectivity index (χ0) is 15.2. The summed E-state index contributed by atoms with van der Waals surface area (Å²) in [5, 5.41) is 3.66. The third kappa shape index (κ3) is 4.35. The first-order chi connectivity index (χ1) is 10.1. The highest BCUT2D eigenvalue weighted by atomic mass is 79.9. The molecule has 108 valence electrons. The number of benzene rings is 1. The van der Waals surface area contributed by atoms with Crippen molar-refractivity contribution in [2.24, 2.45) is 5.10 Å². The third-order valence-corrected chi connectivity index (χ3v) is 3.06. The number of amides is 1. The molecule has 0 unspecified atom stereocenters. The Hall–Kier alpha value is -2.28. The molecule has 0 radical (unpaired) electrons. The SMILES string of the molecule is O=C(Cn1ccccc1=O)N/N=C\c1ccc(Br)cc1F. The van der Waals surface area contributed by atoms with Gasteiger partial charge in [0, 0.05) is 22.3 Å². The fraction of sp³-hybridized carbons (Fsp3) is 0.0714. The maximum Gasteiger partial charge on any atom is 0.260 e. The first kappa shape index (κ1) is 15.1. The smallest absolute Gasteiger partial charge is 0.260 e. The first-order valence-electron chi connectivity index (χ1n) is 5.98. The maximum atomic E-state index is 13.5. The normalized spacial score (nSPS) is 10.8. The second kappa shape index (κ2) is 6.94. The van der Waals surface area contributed by atoms with Crippen LogP contribution in [0.25, 0.3) is 0 Å². The molecule has 1 aromatic carbocycles. The Bertz CT molecular complexity index is 743. The average Bonchev–Trinajstić information content (AvgIpc) is 2.44. The molecule has 1 aromatic heterocycles. The molecule has 0 saturated carbocycles. The number of nitrogens with one attached hydrogen (secondary N) is 1. The van der Waals surface area contributed by atoms with E-state index in [2.05, 4.69) is 26.5 Å². The van der Waals surface area contributed by atoms with Crippen molar-refractivity contribution in [2.75, 3.05) is 0 Å². The summed E-state index contributed by atoms with van der Waals surface area (Å²) in [4.78, 5) is 23.0. The molecule has 7 heteroatoms. The van der Waals surface area contributed by atoms with E-state index in [0.717, 1.165) is 0 Å². The molecule has 0 bridgehead atoms. The van der Waals surface area contributed by atoms with E-state index in [4.69, 9.17) is 0 Å². The van der Waals surface area contributed by atoms with Crippen molar-refractivity contribution >= 4 is 28.1 Å². The van der Waals surface area contributed by atoms with Crippen molar-refractivity contribution in [1.29, 1.82) is 0 Å². The minimum Gasteiger partial charge on any atom is -0.306 e. The molecular formula is C14H11BrFN3O2. The largest absolute Gasteiger partial charge is 0.306 e. The summed E-state index contributed by atoms with van der Waals surface area (Å²) in [6.07, 6.45) is 2.70. The van der Waals surface area contributed by atoms with Crippen LogP contribution >= 0.6 is 15.9 Å². The van der Waals surface area contributed by atoms with E-state index < -0.39 is 11.7 Å². The summed E-state index contributed by atoms with van der Waals surface area (Å²) < 4.78 is 15.4. The van der Waals surface area contributed by atoms with Crippen molar-refractivity contribution in [2.45, 2.75) is 6.54 Å².